The molecular formula is C11H9ClN2O6S. The van der Waals surface area contributed by atoms with Crippen molar-refractivity contribution in [2.24, 2.45) is 0 Å². The molecule has 3 N–H and O–H groups in total. The predicted molar refractivity (Wildman–Crippen MR) is 70.2 cm³/mol. The number of carboxylic acids is 2. The number of nitriles is 1. The Labute approximate surface area is 124 Å². The number of nitrogens with one attached hydrogen (secondary N) is 1. The molecule has 0 spiro atoms. The van der Waals surface area contributed by atoms with Crippen LogP contribution in [0, 0.1) is 11.3 Å². The Bertz CT molecular complexity index is 725. The van der Waals surface area contributed by atoms with Gasteiger partial charge in [-0.15, -0.1) is 0 Å². The highest BCUT2D eigenvalue weighted by atomic mass is 35.5. The van der Waals surface area contributed by atoms with E-state index in [0.29, 0.717) is 0 Å². The molecule has 0 heterocycles. The number of hydrogen-bond acceptors (Lipinski definition) is 5. The van der Waals surface area contributed by atoms with Gasteiger partial charge in [0.25, 0.3) is 0 Å². The van der Waals surface area contributed by atoms with Crippen molar-refractivity contribution >= 4 is 33.6 Å². The van der Waals surface area contributed by atoms with Gasteiger partial charge in [-0.1, -0.05) is 11.6 Å². The summed E-state index contributed by atoms with van der Waals surface area (Å²) in [7, 11) is -4.42. The fourth-order valence-corrected chi connectivity index (χ4v) is 3.02. The minimum absolute atomic E-state index is 0.0273. The van der Waals surface area contributed by atoms with Gasteiger partial charge in [-0.2, -0.15) is 9.98 Å². The predicted octanol–water partition coefficient (Wildman–Crippen LogP) is 0.418. The summed E-state index contributed by atoms with van der Waals surface area (Å²) in [6, 6.07) is 3.20. The first-order valence-corrected chi connectivity index (χ1v) is 7.20. The van der Waals surface area contributed by atoms with Crippen LogP contribution in [0.5, 0.6) is 0 Å². The summed E-state index contributed by atoms with van der Waals surface area (Å²) in [6.07, 6.45) is -0.947. The standard InChI is InChI=1S/C11H9ClN2O6S/c12-7-2-1-6(5-13)9(3-7)21(19,20)14-8(11(17)18)4-10(15)16/h1-3,8,14H,4H2,(H,15,16)(H,17,18)/t8-/m1/s1. The van der Waals surface area contributed by atoms with Gasteiger partial charge in [-0.05, 0) is 18.2 Å². The van der Waals surface area contributed by atoms with E-state index in [9.17, 15) is 18.0 Å². The quantitative estimate of drug-likeness (QED) is 0.684. The van der Waals surface area contributed by atoms with Gasteiger partial charge in [0.1, 0.15) is 17.0 Å². The first-order valence-electron chi connectivity index (χ1n) is 5.34. The van der Waals surface area contributed by atoms with Crippen LogP contribution in [0.15, 0.2) is 23.1 Å². The van der Waals surface area contributed by atoms with Gasteiger partial charge < -0.3 is 10.2 Å². The van der Waals surface area contributed by atoms with Gasteiger partial charge in [0, 0.05) is 5.02 Å². The van der Waals surface area contributed by atoms with Crippen molar-refractivity contribution in [1.82, 2.24) is 4.72 Å². The van der Waals surface area contributed by atoms with Gasteiger partial charge in [-0.3, -0.25) is 9.59 Å². The molecule has 1 rings (SSSR count). The zero-order chi connectivity index (χ0) is 16.2. The smallest absolute Gasteiger partial charge is 0.322 e. The second-order valence-electron chi connectivity index (χ2n) is 3.86. The highest BCUT2D eigenvalue weighted by Crippen LogP contribution is 2.20. The normalized spacial score (nSPS) is 12.4. The first-order chi connectivity index (χ1) is 9.67. The SMILES string of the molecule is N#Cc1ccc(Cl)cc1S(=O)(=O)N[C@H](CC(=O)O)C(=O)O. The molecule has 0 radical (unpaired) electrons. The van der Waals surface area contributed by atoms with Crippen LogP contribution >= 0.6 is 11.6 Å². The van der Waals surface area contributed by atoms with E-state index >= 15 is 0 Å². The summed E-state index contributed by atoms with van der Waals surface area (Å²) in [6.45, 7) is 0. The molecular weight excluding hydrogens is 324 g/mol. The van der Waals surface area contributed by atoms with Crippen molar-refractivity contribution in [3.05, 3.63) is 28.8 Å². The maximum Gasteiger partial charge on any atom is 0.322 e. The maximum absolute atomic E-state index is 12.1. The number of aliphatic carboxylic acids is 2. The van der Waals surface area contributed by atoms with Crippen molar-refractivity contribution in [2.45, 2.75) is 17.4 Å². The van der Waals surface area contributed by atoms with E-state index in [4.69, 9.17) is 27.1 Å². The van der Waals surface area contributed by atoms with Crippen molar-refractivity contribution in [3.8, 4) is 6.07 Å². The lowest BCUT2D eigenvalue weighted by molar-refractivity contribution is -0.145. The van der Waals surface area contributed by atoms with Gasteiger partial charge in [0.15, 0.2) is 0 Å². The van der Waals surface area contributed by atoms with Gasteiger partial charge in [-0.25, -0.2) is 8.42 Å². The van der Waals surface area contributed by atoms with E-state index in [-0.39, 0.29) is 10.6 Å². The lowest BCUT2D eigenvalue weighted by Gasteiger charge is -2.13. The monoisotopic (exact) mass is 332 g/mol. The third-order valence-corrected chi connectivity index (χ3v) is 4.07. The van der Waals surface area contributed by atoms with Crippen LogP contribution in [-0.2, 0) is 19.6 Å². The van der Waals surface area contributed by atoms with Crippen LogP contribution in [0.2, 0.25) is 5.02 Å². The maximum atomic E-state index is 12.1. The molecule has 10 heteroatoms. The molecule has 0 unspecified atom stereocenters. The highest BCUT2D eigenvalue weighted by Gasteiger charge is 2.29. The van der Waals surface area contributed by atoms with Crippen molar-refractivity contribution in [2.75, 3.05) is 0 Å². The van der Waals surface area contributed by atoms with Crippen molar-refractivity contribution in [3.63, 3.8) is 0 Å². The van der Waals surface area contributed by atoms with Gasteiger partial charge >= 0.3 is 11.9 Å². The Morgan fingerprint density at radius 3 is 2.48 bits per heavy atom. The third-order valence-electron chi connectivity index (χ3n) is 2.33. The van der Waals surface area contributed by atoms with Crippen molar-refractivity contribution in [1.29, 1.82) is 5.26 Å². The summed E-state index contributed by atoms with van der Waals surface area (Å²) in [5, 5.41) is 26.3. The average Bonchev–Trinajstić information content (AvgIpc) is 2.37. The Kier molecular flexibility index (Phi) is 5.26. The fraction of sp³-hybridized carbons (Fsp3) is 0.182. The zero-order valence-electron chi connectivity index (χ0n) is 10.3. The Hall–Kier alpha value is -2.15. The molecule has 112 valence electrons. The zero-order valence-corrected chi connectivity index (χ0v) is 11.8. The van der Waals surface area contributed by atoms with E-state index in [2.05, 4.69) is 0 Å². The number of carbonyl (C=O) groups is 2. The molecule has 0 saturated heterocycles. The lowest BCUT2D eigenvalue weighted by atomic mass is 10.2. The minimum Gasteiger partial charge on any atom is -0.481 e. The van der Waals surface area contributed by atoms with Crippen LogP contribution in [0.4, 0.5) is 0 Å². The third kappa shape index (κ3) is 4.42. The molecule has 21 heavy (non-hydrogen) atoms. The number of hydrogen-bond donors (Lipinski definition) is 3. The topological polar surface area (TPSA) is 145 Å². The van der Waals surface area contributed by atoms with Crippen LogP contribution in [0.3, 0.4) is 0 Å². The Morgan fingerprint density at radius 2 is 2.00 bits per heavy atom. The van der Waals surface area contributed by atoms with E-state index in [0.717, 1.165) is 12.1 Å². The van der Waals surface area contributed by atoms with Gasteiger partial charge in [0.05, 0.1) is 12.0 Å². The molecule has 1 aromatic carbocycles. The molecule has 1 atom stereocenters. The second kappa shape index (κ2) is 6.53. The number of benzene rings is 1. The molecule has 1 aromatic rings. The number of sulfonamides is 1. The fourth-order valence-electron chi connectivity index (χ4n) is 1.42. The molecule has 0 amide bonds. The summed E-state index contributed by atoms with van der Waals surface area (Å²) >= 11 is 5.65. The van der Waals surface area contributed by atoms with E-state index in [1.807, 2.05) is 0 Å². The number of rotatable bonds is 6. The van der Waals surface area contributed by atoms with E-state index in [1.54, 1.807) is 10.8 Å². The number of nitrogens with zero attached hydrogens (tertiary/aromatic N) is 1. The summed E-state index contributed by atoms with van der Waals surface area (Å²) < 4.78 is 25.9. The molecule has 0 aliphatic carbocycles. The highest BCUT2D eigenvalue weighted by molar-refractivity contribution is 7.89. The molecule has 0 saturated carbocycles. The van der Waals surface area contributed by atoms with Gasteiger partial charge in [0.2, 0.25) is 10.0 Å². The largest absolute Gasteiger partial charge is 0.481 e. The Balaban J connectivity index is 3.22. The average molecular weight is 333 g/mol. The number of carboxylic acid groups (broad SMARTS) is 2. The summed E-state index contributed by atoms with van der Waals surface area (Å²) in [4.78, 5) is 20.9. The van der Waals surface area contributed by atoms with Crippen LogP contribution in [-0.4, -0.2) is 36.6 Å². The number of halogens is 1. The second-order valence-corrected chi connectivity index (χ2v) is 5.98. The molecule has 0 bridgehead atoms. The van der Waals surface area contributed by atoms with Crippen LogP contribution in [0.25, 0.3) is 0 Å². The molecule has 0 aliphatic rings. The van der Waals surface area contributed by atoms with Crippen molar-refractivity contribution < 1.29 is 28.2 Å². The molecule has 0 aliphatic heterocycles. The first kappa shape index (κ1) is 16.9. The Morgan fingerprint density at radius 1 is 1.38 bits per heavy atom. The minimum atomic E-state index is -4.42. The van der Waals surface area contributed by atoms with Crippen LogP contribution < -0.4 is 4.72 Å². The van der Waals surface area contributed by atoms with E-state index < -0.39 is 39.3 Å². The summed E-state index contributed by atoms with van der Waals surface area (Å²) in [5.41, 5.74) is -0.244. The lowest BCUT2D eigenvalue weighted by Crippen LogP contribution is -2.42. The van der Waals surface area contributed by atoms with E-state index in [1.165, 1.54) is 6.07 Å². The summed E-state index contributed by atoms with van der Waals surface area (Å²) in [5.74, 6) is -3.14. The molecule has 0 fully saturated rings. The van der Waals surface area contributed by atoms with Crippen LogP contribution in [0.1, 0.15) is 12.0 Å². The molecule has 8 nitrogen and oxygen atoms in total. The molecule has 0 aromatic heterocycles.